The van der Waals surface area contributed by atoms with Crippen LogP contribution in [0.3, 0.4) is 0 Å². The zero-order chi connectivity index (χ0) is 16.3. The second-order valence-electron chi connectivity index (χ2n) is 4.70. The van der Waals surface area contributed by atoms with Crippen molar-refractivity contribution in [1.29, 1.82) is 5.41 Å². The van der Waals surface area contributed by atoms with E-state index in [0.717, 1.165) is 18.1 Å². The number of carbonyl (C=O) groups excluding carboxylic acids is 1. The lowest BCUT2D eigenvalue weighted by Crippen LogP contribution is -2.32. The van der Waals surface area contributed by atoms with E-state index in [1.54, 1.807) is 19.0 Å². The SMILES string of the molecule is CN(C)C(N)=NC(=N)N.O=C([O-])CCCC[C@@H]1CCSS1.[H+]. The highest BCUT2D eigenvalue weighted by Crippen LogP contribution is 2.39. The minimum atomic E-state index is -0.913. The average molecular weight is 335 g/mol. The van der Waals surface area contributed by atoms with Gasteiger partial charge in [0.05, 0.1) is 0 Å². The van der Waals surface area contributed by atoms with Crippen molar-refractivity contribution >= 4 is 39.5 Å². The molecule has 0 amide bonds. The van der Waals surface area contributed by atoms with Gasteiger partial charge >= 0.3 is 1.43 Å². The van der Waals surface area contributed by atoms with Crippen molar-refractivity contribution in [3.05, 3.63) is 0 Å². The molecule has 1 heterocycles. The number of nitrogens with zero attached hydrogens (tertiary/aromatic N) is 2. The van der Waals surface area contributed by atoms with Crippen LogP contribution < -0.4 is 16.6 Å². The lowest BCUT2D eigenvalue weighted by molar-refractivity contribution is -0.305. The van der Waals surface area contributed by atoms with Crippen molar-refractivity contribution in [2.24, 2.45) is 16.5 Å². The molecule has 7 nitrogen and oxygen atoms in total. The maximum absolute atomic E-state index is 10.1. The number of aliphatic imine (C=N–C) groups is 1. The molecule has 0 bridgehead atoms. The highest BCUT2D eigenvalue weighted by Gasteiger charge is 2.15. The number of hydrogen-bond donors (Lipinski definition) is 3. The summed E-state index contributed by atoms with van der Waals surface area (Å²) in [6, 6.07) is 0. The summed E-state index contributed by atoms with van der Waals surface area (Å²) in [5, 5.41) is 17.6. The van der Waals surface area contributed by atoms with Gasteiger partial charge in [0.15, 0.2) is 5.96 Å². The van der Waals surface area contributed by atoms with Crippen molar-refractivity contribution in [3.8, 4) is 0 Å². The number of unbranched alkanes of at least 4 members (excludes halogenated alkanes) is 1. The summed E-state index contributed by atoms with van der Waals surface area (Å²) >= 11 is 0. The van der Waals surface area contributed by atoms with E-state index in [2.05, 4.69) is 4.99 Å². The van der Waals surface area contributed by atoms with E-state index < -0.39 is 5.97 Å². The Morgan fingerprint density at radius 1 is 1.48 bits per heavy atom. The number of aliphatic carboxylic acids is 1. The van der Waals surface area contributed by atoms with E-state index in [4.69, 9.17) is 16.9 Å². The zero-order valence-electron chi connectivity index (χ0n) is 13.5. The van der Waals surface area contributed by atoms with Gasteiger partial charge in [-0.05, 0) is 25.7 Å². The van der Waals surface area contributed by atoms with E-state index in [0.29, 0.717) is 0 Å². The molecule has 122 valence electrons. The molecule has 1 fully saturated rings. The predicted molar refractivity (Wildman–Crippen MR) is 90.3 cm³/mol. The first kappa shape index (κ1) is 19.9. The van der Waals surface area contributed by atoms with Gasteiger partial charge in [-0.1, -0.05) is 28.0 Å². The number of carboxylic acids is 1. The van der Waals surface area contributed by atoms with E-state index in [1.165, 1.54) is 18.6 Å². The molecule has 0 aromatic heterocycles. The predicted octanol–water partition coefficient (Wildman–Crippen LogP) is 0.319. The van der Waals surface area contributed by atoms with Gasteiger partial charge in [-0.2, -0.15) is 4.99 Å². The van der Waals surface area contributed by atoms with Crippen molar-refractivity contribution in [3.63, 3.8) is 0 Å². The van der Waals surface area contributed by atoms with Gasteiger partial charge in [0.25, 0.3) is 0 Å². The Hall–Kier alpha value is -1.09. The molecule has 0 aliphatic carbocycles. The first-order valence-corrected chi connectivity index (χ1v) is 9.04. The Labute approximate surface area is 135 Å². The summed E-state index contributed by atoms with van der Waals surface area (Å²) < 4.78 is 0. The number of hydrogen-bond acceptors (Lipinski definition) is 5. The minimum Gasteiger partial charge on any atom is -0.550 e. The molecule has 0 unspecified atom stereocenters. The summed E-state index contributed by atoms with van der Waals surface area (Å²) in [6.07, 6.45) is 4.51. The van der Waals surface area contributed by atoms with Crippen LogP contribution in [0.5, 0.6) is 0 Å². The minimum absolute atomic E-state index is 0. The Kier molecular flexibility index (Phi) is 11.0. The molecule has 0 radical (unpaired) electrons. The summed E-state index contributed by atoms with van der Waals surface area (Å²) in [4.78, 5) is 15.1. The summed E-state index contributed by atoms with van der Waals surface area (Å²) in [5.74, 6) is 0.308. The van der Waals surface area contributed by atoms with Crippen LogP contribution in [-0.4, -0.2) is 47.9 Å². The number of carboxylic acid groups (broad SMARTS) is 1. The Morgan fingerprint density at radius 2 is 2.14 bits per heavy atom. The quantitative estimate of drug-likeness (QED) is 0.285. The van der Waals surface area contributed by atoms with Crippen LogP contribution in [0.15, 0.2) is 4.99 Å². The first-order valence-electron chi connectivity index (χ1n) is 6.66. The van der Waals surface area contributed by atoms with Crippen molar-refractivity contribution in [2.75, 3.05) is 19.8 Å². The van der Waals surface area contributed by atoms with Gasteiger partial charge in [0.2, 0.25) is 5.96 Å². The molecule has 1 aliphatic heterocycles. The molecular formula is C12H25N5O2S2. The normalized spacial score (nSPS) is 17.8. The first-order chi connectivity index (χ1) is 9.82. The van der Waals surface area contributed by atoms with Crippen LogP contribution in [0.2, 0.25) is 0 Å². The molecule has 9 heteroatoms. The van der Waals surface area contributed by atoms with E-state index >= 15 is 0 Å². The standard InChI is InChI=1S/C8H14O2S2.C4H11N5/c9-8(10)4-2-1-3-7-5-6-11-12-7;1-9(2)4(7)8-3(5)6/h7H,1-6H2,(H,9,10);1-2H3,(H5,5,6,7,8)/t7-;/m1./s1. The lowest BCUT2D eigenvalue weighted by Gasteiger charge is -2.08. The van der Waals surface area contributed by atoms with Crippen LogP contribution in [-0.2, 0) is 4.79 Å². The van der Waals surface area contributed by atoms with Gasteiger partial charge < -0.3 is 26.3 Å². The third-order valence-corrected chi connectivity index (χ3v) is 5.58. The maximum atomic E-state index is 10.1. The summed E-state index contributed by atoms with van der Waals surface area (Å²) in [6.45, 7) is 0. The topological polar surface area (TPSA) is 132 Å². The van der Waals surface area contributed by atoms with Crippen molar-refractivity contribution < 1.29 is 11.3 Å². The van der Waals surface area contributed by atoms with Crippen LogP contribution in [0, 0.1) is 5.41 Å². The number of nitrogens with two attached hydrogens (primary N) is 2. The number of guanidine groups is 2. The molecule has 1 rings (SSSR count). The monoisotopic (exact) mass is 335 g/mol. The van der Waals surface area contributed by atoms with Gasteiger partial charge in [0.1, 0.15) is 0 Å². The second-order valence-corrected chi connectivity index (χ2v) is 7.48. The molecule has 0 saturated carbocycles. The molecule has 1 saturated heterocycles. The molecule has 5 N–H and O–H groups in total. The van der Waals surface area contributed by atoms with Gasteiger partial charge in [-0.25, -0.2) is 0 Å². The summed E-state index contributed by atoms with van der Waals surface area (Å²) in [5.41, 5.74) is 10.2. The molecule has 1 aliphatic rings. The number of rotatable bonds is 5. The zero-order valence-corrected chi connectivity index (χ0v) is 14.1. The number of nitrogens with one attached hydrogen (secondary N) is 1. The molecule has 21 heavy (non-hydrogen) atoms. The maximum Gasteiger partial charge on any atom is 1.00 e. The average Bonchev–Trinajstić information content (AvgIpc) is 2.87. The fourth-order valence-corrected chi connectivity index (χ4v) is 4.46. The highest BCUT2D eigenvalue weighted by molar-refractivity contribution is 8.77. The smallest absolute Gasteiger partial charge is 0.550 e. The largest absolute Gasteiger partial charge is 1.00 e. The van der Waals surface area contributed by atoms with E-state index in [-0.39, 0.29) is 19.8 Å². The third kappa shape index (κ3) is 12.4. The second kappa shape index (κ2) is 11.6. The van der Waals surface area contributed by atoms with Gasteiger partial charge in [-0.3, -0.25) is 5.41 Å². The fraction of sp³-hybridized carbons (Fsp3) is 0.750. The van der Waals surface area contributed by atoms with Crippen molar-refractivity contribution in [1.82, 2.24) is 4.90 Å². The van der Waals surface area contributed by atoms with Crippen LogP contribution in [0.4, 0.5) is 0 Å². The third-order valence-electron chi connectivity index (χ3n) is 2.58. The van der Waals surface area contributed by atoms with Crippen LogP contribution in [0.1, 0.15) is 33.5 Å². The van der Waals surface area contributed by atoms with Gasteiger partial charge in [0, 0.05) is 31.1 Å². The Bertz CT molecular complexity index is 363. The molecule has 0 aromatic rings. The highest BCUT2D eigenvalue weighted by atomic mass is 33.1. The molecular weight excluding hydrogens is 310 g/mol. The molecule has 1 atom stereocenters. The number of carbonyl (C=O) groups is 1. The Morgan fingerprint density at radius 3 is 2.52 bits per heavy atom. The van der Waals surface area contributed by atoms with Crippen LogP contribution in [0.25, 0.3) is 0 Å². The van der Waals surface area contributed by atoms with Crippen LogP contribution >= 0.6 is 21.6 Å². The summed E-state index contributed by atoms with van der Waals surface area (Å²) in [7, 11) is 7.34. The van der Waals surface area contributed by atoms with E-state index in [1.807, 2.05) is 21.6 Å². The molecule has 0 spiro atoms. The van der Waals surface area contributed by atoms with E-state index in [9.17, 15) is 9.90 Å². The van der Waals surface area contributed by atoms with Gasteiger partial charge in [-0.15, -0.1) is 0 Å². The Balaban J connectivity index is 0. The fourth-order valence-electron chi connectivity index (χ4n) is 1.43. The van der Waals surface area contributed by atoms with Crippen molar-refractivity contribution in [2.45, 2.75) is 37.4 Å². The molecule has 0 aromatic carbocycles. The lowest BCUT2D eigenvalue weighted by atomic mass is 10.1.